The summed E-state index contributed by atoms with van der Waals surface area (Å²) in [6.07, 6.45) is 1.58. The van der Waals surface area contributed by atoms with Gasteiger partial charge in [-0.1, -0.05) is 13.3 Å². The van der Waals surface area contributed by atoms with E-state index >= 15 is 0 Å². The highest BCUT2D eigenvalue weighted by Crippen LogP contribution is 2.32. The molecule has 17 heavy (non-hydrogen) atoms. The largest absolute Gasteiger partial charge is 0.496 e. The quantitative estimate of drug-likeness (QED) is 0.826. The normalized spacial score (nSPS) is 14.5. The molecule has 0 fully saturated rings. The van der Waals surface area contributed by atoms with Crippen LogP contribution in [-0.4, -0.2) is 18.8 Å². The number of hydrogen-bond donors (Lipinski definition) is 2. The third-order valence-corrected chi connectivity index (χ3v) is 3.24. The number of hydrogen-bond acceptors (Lipinski definition) is 3. The number of aliphatic hydroxyl groups is 1. The van der Waals surface area contributed by atoms with Crippen molar-refractivity contribution in [2.24, 2.45) is 5.73 Å². The average molecular weight is 237 g/mol. The molecule has 0 radical (unpaired) electrons. The lowest BCUT2D eigenvalue weighted by molar-refractivity contribution is 0.0352. The van der Waals surface area contributed by atoms with E-state index in [-0.39, 0.29) is 6.54 Å². The molecule has 0 aliphatic carbocycles. The maximum atomic E-state index is 10.6. The molecule has 0 amide bonds. The SMILES string of the molecule is CCCC(O)(CN)c1cc(C)c(OC)cc1C. The van der Waals surface area contributed by atoms with Gasteiger partial charge in [-0.15, -0.1) is 0 Å². The van der Waals surface area contributed by atoms with E-state index in [0.29, 0.717) is 6.42 Å². The molecular weight excluding hydrogens is 214 g/mol. The summed E-state index contributed by atoms with van der Waals surface area (Å²) in [6.45, 7) is 6.25. The Balaban J connectivity index is 3.25. The van der Waals surface area contributed by atoms with Crippen molar-refractivity contribution in [2.75, 3.05) is 13.7 Å². The molecular formula is C14H23NO2. The van der Waals surface area contributed by atoms with Crippen LogP contribution < -0.4 is 10.5 Å². The fraction of sp³-hybridized carbons (Fsp3) is 0.571. The first-order valence-corrected chi connectivity index (χ1v) is 6.06. The van der Waals surface area contributed by atoms with E-state index in [0.717, 1.165) is 28.9 Å². The Labute approximate surface area is 104 Å². The number of ether oxygens (including phenoxy) is 1. The maximum Gasteiger partial charge on any atom is 0.122 e. The molecule has 0 saturated heterocycles. The van der Waals surface area contributed by atoms with E-state index in [9.17, 15) is 5.11 Å². The van der Waals surface area contributed by atoms with Gasteiger partial charge in [0, 0.05) is 6.54 Å². The molecule has 3 N–H and O–H groups in total. The Kier molecular flexibility index (Phi) is 4.54. The van der Waals surface area contributed by atoms with Crippen LogP contribution in [0.3, 0.4) is 0 Å². The zero-order valence-corrected chi connectivity index (χ0v) is 11.2. The molecule has 0 aliphatic heterocycles. The topological polar surface area (TPSA) is 55.5 Å². The molecule has 0 bridgehead atoms. The van der Waals surface area contributed by atoms with Gasteiger partial charge in [0.25, 0.3) is 0 Å². The Morgan fingerprint density at radius 2 is 1.94 bits per heavy atom. The van der Waals surface area contributed by atoms with E-state index in [2.05, 4.69) is 0 Å². The second kappa shape index (κ2) is 5.52. The fourth-order valence-electron chi connectivity index (χ4n) is 2.27. The van der Waals surface area contributed by atoms with Crippen LogP contribution in [0, 0.1) is 13.8 Å². The van der Waals surface area contributed by atoms with Crippen LogP contribution in [-0.2, 0) is 5.60 Å². The summed E-state index contributed by atoms with van der Waals surface area (Å²) < 4.78 is 5.27. The third-order valence-electron chi connectivity index (χ3n) is 3.24. The second-order valence-corrected chi connectivity index (χ2v) is 4.62. The summed E-state index contributed by atoms with van der Waals surface area (Å²) in [5, 5.41) is 10.6. The Hall–Kier alpha value is -1.06. The summed E-state index contributed by atoms with van der Waals surface area (Å²) in [7, 11) is 1.66. The summed E-state index contributed by atoms with van der Waals surface area (Å²) in [6, 6.07) is 3.94. The van der Waals surface area contributed by atoms with Crippen LogP contribution in [0.15, 0.2) is 12.1 Å². The predicted molar refractivity (Wildman–Crippen MR) is 70.3 cm³/mol. The smallest absolute Gasteiger partial charge is 0.122 e. The number of benzene rings is 1. The molecule has 1 aromatic carbocycles. The molecule has 0 saturated carbocycles. The molecule has 0 aromatic heterocycles. The summed E-state index contributed by atoms with van der Waals surface area (Å²) in [4.78, 5) is 0. The lowest BCUT2D eigenvalue weighted by Gasteiger charge is -2.29. The van der Waals surface area contributed by atoms with Crippen molar-refractivity contribution in [3.05, 3.63) is 28.8 Å². The molecule has 1 aromatic rings. The first-order valence-electron chi connectivity index (χ1n) is 6.06. The molecule has 0 aliphatic rings. The van der Waals surface area contributed by atoms with Crippen molar-refractivity contribution in [1.29, 1.82) is 0 Å². The standard InChI is InChI=1S/C14H23NO2/c1-5-6-14(16,9-15)12-7-11(3)13(17-4)8-10(12)2/h7-8,16H,5-6,9,15H2,1-4H3. The van der Waals surface area contributed by atoms with Crippen molar-refractivity contribution >= 4 is 0 Å². The van der Waals surface area contributed by atoms with Gasteiger partial charge in [0.15, 0.2) is 0 Å². The Morgan fingerprint density at radius 1 is 1.29 bits per heavy atom. The van der Waals surface area contributed by atoms with Crippen LogP contribution in [0.4, 0.5) is 0 Å². The lowest BCUT2D eigenvalue weighted by Crippen LogP contribution is -2.35. The Morgan fingerprint density at radius 3 is 2.41 bits per heavy atom. The Bertz CT molecular complexity index is 390. The van der Waals surface area contributed by atoms with Gasteiger partial charge in [-0.2, -0.15) is 0 Å². The maximum absolute atomic E-state index is 10.6. The van der Waals surface area contributed by atoms with Crippen LogP contribution >= 0.6 is 0 Å². The number of rotatable bonds is 5. The molecule has 1 atom stereocenters. The summed E-state index contributed by atoms with van der Waals surface area (Å²) in [5.74, 6) is 0.849. The third kappa shape index (κ3) is 2.79. The van der Waals surface area contributed by atoms with E-state index < -0.39 is 5.60 Å². The van der Waals surface area contributed by atoms with Crippen LogP contribution in [0.25, 0.3) is 0 Å². The van der Waals surface area contributed by atoms with E-state index in [1.165, 1.54) is 0 Å². The van der Waals surface area contributed by atoms with Crippen molar-refractivity contribution in [3.8, 4) is 5.75 Å². The highest BCUT2D eigenvalue weighted by molar-refractivity contribution is 5.44. The number of nitrogens with two attached hydrogens (primary N) is 1. The minimum absolute atomic E-state index is 0.244. The zero-order valence-electron chi connectivity index (χ0n) is 11.2. The highest BCUT2D eigenvalue weighted by atomic mass is 16.5. The molecule has 1 rings (SSSR count). The zero-order chi connectivity index (χ0) is 13.1. The minimum Gasteiger partial charge on any atom is -0.496 e. The van der Waals surface area contributed by atoms with Crippen LogP contribution in [0.1, 0.15) is 36.5 Å². The predicted octanol–water partition coefficient (Wildman–Crippen LogP) is 2.26. The van der Waals surface area contributed by atoms with Crippen molar-refractivity contribution in [2.45, 2.75) is 39.2 Å². The summed E-state index contributed by atoms with van der Waals surface area (Å²) >= 11 is 0. The van der Waals surface area contributed by atoms with Gasteiger partial charge in [0.2, 0.25) is 0 Å². The van der Waals surface area contributed by atoms with Crippen molar-refractivity contribution in [3.63, 3.8) is 0 Å². The van der Waals surface area contributed by atoms with Gasteiger partial charge in [-0.3, -0.25) is 0 Å². The lowest BCUT2D eigenvalue weighted by atomic mass is 9.85. The monoisotopic (exact) mass is 237 g/mol. The van der Waals surface area contributed by atoms with Crippen molar-refractivity contribution < 1.29 is 9.84 Å². The van der Waals surface area contributed by atoms with E-state index in [1.54, 1.807) is 7.11 Å². The van der Waals surface area contributed by atoms with Gasteiger partial charge >= 0.3 is 0 Å². The number of methoxy groups -OCH3 is 1. The van der Waals surface area contributed by atoms with Crippen molar-refractivity contribution in [1.82, 2.24) is 0 Å². The summed E-state index contributed by atoms with van der Waals surface area (Å²) in [5.41, 5.74) is 7.78. The van der Waals surface area contributed by atoms with Crippen LogP contribution in [0.5, 0.6) is 5.75 Å². The second-order valence-electron chi connectivity index (χ2n) is 4.62. The molecule has 0 heterocycles. The minimum atomic E-state index is -0.921. The number of aryl methyl sites for hydroxylation is 2. The molecule has 3 heteroatoms. The van der Waals surface area contributed by atoms with Gasteiger partial charge in [0.1, 0.15) is 11.4 Å². The molecule has 3 nitrogen and oxygen atoms in total. The van der Waals surface area contributed by atoms with E-state index in [4.69, 9.17) is 10.5 Å². The van der Waals surface area contributed by atoms with Gasteiger partial charge < -0.3 is 15.6 Å². The average Bonchev–Trinajstić information content (AvgIpc) is 2.31. The molecule has 96 valence electrons. The van der Waals surface area contributed by atoms with Gasteiger partial charge in [-0.05, 0) is 49.1 Å². The van der Waals surface area contributed by atoms with E-state index in [1.807, 2.05) is 32.9 Å². The first kappa shape index (κ1) is 14.0. The molecule has 1 unspecified atom stereocenters. The van der Waals surface area contributed by atoms with Gasteiger partial charge in [-0.25, -0.2) is 0 Å². The van der Waals surface area contributed by atoms with Gasteiger partial charge in [0.05, 0.1) is 7.11 Å². The van der Waals surface area contributed by atoms with Crippen LogP contribution in [0.2, 0.25) is 0 Å². The highest BCUT2D eigenvalue weighted by Gasteiger charge is 2.28. The first-order chi connectivity index (χ1) is 7.98. The fourth-order valence-corrected chi connectivity index (χ4v) is 2.27. The molecule has 0 spiro atoms.